The monoisotopic (exact) mass is 227 g/mol. The molecule has 0 aliphatic heterocycles. The molecule has 1 aliphatic rings. The molecule has 1 aliphatic carbocycles. The molecule has 0 saturated heterocycles. The first-order valence-electron chi connectivity index (χ1n) is 5.10. The van der Waals surface area contributed by atoms with Crippen LogP contribution in [0.25, 0.3) is 0 Å². The van der Waals surface area contributed by atoms with Crippen molar-refractivity contribution in [1.29, 1.82) is 0 Å². The summed E-state index contributed by atoms with van der Waals surface area (Å²) in [5, 5.41) is 15.2. The number of carboxylic acid groups (broad SMARTS) is 1. The highest BCUT2D eigenvalue weighted by Gasteiger charge is 2.22. The number of aromatic carboxylic acids is 1. The first-order valence-corrected chi connectivity index (χ1v) is 5.51. The van der Waals surface area contributed by atoms with Crippen LogP contribution in [0.1, 0.15) is 48.8 Å². The van der Waals surface area contributed by atoms with Crippen molar-refractivity contribution in [2.24, 2.45) is 0 Å². The molecule has 0 radical (unpaired) electrons. The molecule has 0 amide bonds. The molecule has 1 aromatic rings. The van der Waals surface area contributed by atoms with Gasteiger partial charge in [0.05, 0.1) is 0 Å². The summed E-state index contributed by atoms with van der Waals surface area (Å²) in [6, 6.07) is 0.205. The van der Waals surface area contributed by atoms with Crippen LogP contribution >= 0.6 is 12.2 Å². The van der Waals surface area contributed by atoms with Crippen molar-refractivity contribution in [2.75, 3.05) is 0 Å². The minimum absolute atomic E-state index is 0.0342. The highest BCUT2D eigenvalue weighted by Crippen LogP contribution is 2.28. The fourth-order valence-electron chi connectivity index (χ4n) is 2.13. The lowest BCUT2D eigenvalue weighted by Crippen LogP contribution is -2.18. The molecule has 6 heteroatoms. The Kier molecular flexibility index (Phi) is 2.86. The minimum Gasteiger partial charge on any atom is -0.475 e. The highest BCUT2D eigenvalue weighted by atomic mass is 32.1. The van der Waals surface area contributed by atoms with Gasteiger partial charge in [0.1, 0.15) is 0 Å². The zero-order chi connectivity index (χ0) is 10.8. The van der Waals surface area contributed by atoms with Crippen molar-refractivity contribution in [3.05, 3.63) is 10.6 Å². The maximum absolute atomic E-state index is 10.9. The van der Waals surface area contributed by atoms with Gasteiger partial charge in [-0.2, -0.15) is 0 Å². The van der Waals surface area contributed by atoms with Crippen LogP contribution in [0.3, 0.4) is 0 Å². The summed E-state index contributed by atoms with van der Waals surface area (Å²) in [7, 11) is 0. The van der Waals surface area contributed by atoms with Gasteiger partial charge in [0.15, 0.2) is 4.77 Å². The molecular weight excluding hydrogens is 214 g/mol. The summed E-state index contributed by atoms with van der Waals surface area (Å²) >= 11 is 5.05. The Morgan fingerprint density at radius 1 is 1.47 bits per heavy atom. The number of H-pyrrole nitrogens is 1. The van der Waals surface area contributed by atoms with E-state index in [4.69, 9.17) is 17.3 Å². The largest absolute Gasteiger partial charge is 0.475 e. The summed E-state index contributed by atoms with van der Waals surface area (Å²) in [4.78, 5) is 10.9. The topological polar surface area (TPSA) is 70.9 Å². The molecule has 2 rings (SSSR count). The van der Waals surface area contributed by atoms with Crippen LogP contribution in [0.15, 0.2) is 0 Å². The maximum Gasteiger partial charge on any atom is 0.374 e. The Hall–Kier alpha value is -1.17. The van der Waals surface area contributed by atoms with Gasteiger partial charge in [0.25, 0.3) is 0 Å². The van der Waals surface area contributed by atoms with Crippen LogP contribution in [-0.4, -0.2) is 25.8 Å². The fourth-order valence-corrected chi connectivity index (χ4v) is 2.41. The van der Waals surface area contributed by atoms with E-state index in [1.807, 2.05) is 0 Å². The summed E-state index contributed by atoms with van der Waals surface area (Å²) < 4.78 is 2.07. The van der Waals surface area contributed by atoms with E-state index in [2.05, 4.69) is 10.2 Å². The molecule has 1 aromatic heterocycles. The lowest BCUT2D eigenvalue weighted by Gasteiger charge is -2.23. The number of hydrogen-bond donors (Lipinski definition) is 2. The lowest BCUT2D eigenvalue weighted by molar-refractivity contribution is 0.0673. The molecule has 0 unspecified atom stereocenters. The number of rotatable bonds is 2. The second-order valence-electron chi connectivity index (χ2n) is 3.82. The van der Waals surface area contributed by atoms with E-state index in [1.165, 1.54) is 6.42 Å². The third-order valence-electron chi connectivity index (χ3n) is 2.84. The number of aromatic amines is 1. The molecule has 5 nitrogen and oxygen atoms in total. The van der Waals surface area contributed by atoms with Crippen molar-refractivity contribution in [3.8, 4) is 0 Å². The lowest BCUT2D eigenvalue weighted by atomic mass is 9.95. The van der Waals surface area contributed by atoms with E-state index in [0.29, 0.717) is 4.77 Å². The second-order valence-corrected chi connectivity index (χ2v) is 4.21. The van der Waals surface area contributed by atoms with E-state index < -0.39 is 5.97 Å². The number of carboxylic acids is 1. The maximum atomic E-state index is 10.9. The zero-order valence-electron chi connectivity index (χ0n) is 8.27. The Morgan fingerprint density at radius 3 is 2.73 bits per heavy atom. The van der Waals surface area contributed by atoms with Crippen molar-refractivity contribution >= 4 is 18.2 Å². The summed E-state index contributed by atoms with van der Waals surface area (Å²) in [6.45, 7) is 0. The smallest absolute Gasteiger partial charge is 0.374 e. The predicted molar refractivity (Wildman–Crippen MR) is 56.5 cm³/mol. The van der Waals surface area contributed by atoms with Crippen LogP contribution in [0.5, 0.6) is 0 Å². The fraction of sp³-hybridized carbons (Fsp3) is 0.667. The standard InChI is InChI=1S/C9H13N3O2S/c13-8(14)7-10-11-9(15)12(7)6-4-2-1-3-5-6/h6H,1-5H2,(H,11,15)(H,13,14). The minimum atomic E-state index is -1.02. The van der Waals surface area contributed by atoms with Gasteiger partial charge in [-0.1, -0.05) is 19.3 Å². The first-order chi connectivity index (χ1) is 7.20. The summed E-state index contributed by atoms with van der Waals surface area (Å²) in [5.41, 5.74) is 0. The van der Waals surface area contributed by atoms with Crippen molar-refractivity contribution < 1.29 is 9.90 Å². The van der Waals surface area contributed by atoms with E-state index in [9.17, 15) is 4.79 Å². The molecule has 0 atom stereocenters. The SMILES string of the molecule is O=C(O)c1n[nH]c(=S)n1C1CCCCC1. The van der Waals surface area contributed by atoms with Gasteiger partial charge in [-0.25, -0.2) is 4.79 Å². The molecule has 2 N–H and O–H groups in total. The van der Waals surface area contributed by atoms with Crippen molar-refractivity contribution in [2.45, 2.75) is 38.1 Å². The predicted octanol–water partition coefficient (Wildman–Crippen LogP) is 2.14. The molecule has 15 heavy (non-hydrogen) atoms. The van der Waals surface area contributed by atoms with E-state index in [0.717, 1.165) is 25.7 Å². The van der Waals surface area contributed by atoms with Gasteiger partial charge >= 0.3 is 5.97 Å². The molecule has 1 saturated carbocycles. The molecule has 0 bridgehead atoms. The highest BCUT2D eigenvalue weighted by molar-refractivity contribution is 7.71. The van der Waals surface area contributed by atoms with Crippen molar-refractivity contribution in [3.63, 3.8) is 0 Å². The average molecular weight is 227 g/mol. The van der Waals surface area contributed by atoms with Crippen LogP contribution < -0.4 is 0 Å². The van der Waals surface area contributed by atoms with Gasteiger partial charge in [0.2, 0.25) is 5.82 Å². The van der Waals surface area contributed by atoms with Crippen LogP contribution in [-0.2, 0) is 0 Å². The van der Waals surface area contributed by atoms with Gasteiger partial charge in [0, 0.05) is 6.04 Å². The number of carbonyl (C=O) groups is 1. The molecule has 1 heterocycles. The van der Waals surface area contributed by atoms with Gasteiger partial charge in [-0.15, -0.1) is 5.10 Å². The number of nitrogens with one attached hydrogen (secondary N) is 1. The Bertz CT molecular complexity index is 417. The van der Waals surface area contributed by atoms with Crippen LogP contribution in [0, 0.1) is 4.77 Å². The summed E-state index contributed by atoms with van der Waals surface area (Å²) in [6.07, 6.45) is 5.49. The quantitative estimate of drug-likeness (QED) is 0.759. The summed E-state index contributed by atoms with van der Waals surface area (Å²) in [5.74, 6) is -0.986. The molecular formula is C9H13N3O2S. The Morgan fingerprint density at radius 2 is 2.13 bits per heavy atom. The van der Waals surface area contributed by atoms with E-state index >= 15 is 0 Å². The molecule has 82 valence electrons. The van der Waals surface area contributed by atoms with Crippen molar-refractivity contribution in [1.82, 2.24) is 14.8 Å². The Balaban J connectivity index is 2.36. The second kappa shape index (κ2) is 4.14. The van der Waals surface area contributed by atoms with Crippen LogP contribution in [0.4, 0.5) is 0 Å². The van der Waals surface area contributed by atoms with Gasteiger partial charge in [-0.05, 0) is 25.1 Å². The third kappa shape index (κ3) is 1.94. The van der Waals surface area contributed by atoms with E-state index in [-0.39, 0.29) is 11.9 Å². The number of hydrogen-bond acceptors (Lipinski definition) is 3. The zero-order valence-corrected chi connectivity index (χ0v) is 9.09. The van der Waals surface area contributed by atoms with Gasteiger partial charge in [-0.3, -0.25) is 9.67 Å². The Labute approximate surface area is 92.1 Å². The number of aromatic nitrogens is 3. The molecule has 0 aromatic carbocycles. The third-order valence-corrected chi connectivity index (χ3v) is 3.12. The average Bonchev–Trinajstić information content (AvgIpc) is 2.61. The van der Waals surface area contributed by atoms with Crippen LogP contribution in [0.2, 0.25) is 0 Å². The number of nitrogens with zero attached hydrogens (tertiary/aromatic N) is 2. The normalized spacial score (nSPS) is 17.9. The molecule has 1 fully saturated rings. The van der Waals surface area contributed by atoms with Gasteiger partial charge < -0.3 is 5.11 Å². The molecule has 0 spiro atoms. The first kappa shape index (κ1) is 10.4. The van der Waals surface area contributed by atoms with E-state index in [1.54, 1.807) is 4.57 Å².